The van der Waals surface area contributed by atoms with Gasteiger partial charge in [0.25, 0.3) is 0 Å². The third kappa shape index (κ3) is 2.23. The average molecular weight is 235 g/mol. The highest BCUT2D eigenvalue weighted by molar-refractivity contribution is 7.99. The molecule has 2 aromatic rings. The van der Waals surface area contributed by atoms with E-state index in [9.17, 15) is 0 Å². The Balaban J connectivity index is 2.52. The quantitative estimate of drug-likeness (QED) is 0.747. The summed E-state index contributed by atoms with van der Waals surface area (Å²) in [6, 6.07) is 9.62. The van der Waals surface area contributed by atoms with Gasteiger partial charge < -0.3 is 0 Å². The van der Waals surface area contributed by atoms with Crippen molar-refractivity contribution >= 4 is 34.3 Å². The number of hydrogen-bond acceptors (Lipinski definition) is 3. The Kier molecular flexibility index (Phi) is 3.10. The highest BCUT2D eigenvalue weighted by Gasteiger charge is 2.02. The first-order chi connectivity index (χ1) is 7.31. The molecule has 2 nitrogen and oxygen atoms in total. The van der Waals surface area contributed by atoms with Crippen LogP contribution in [0.1, 0.15) is 0 Å². The van der Waals surface area contributed by atoms with Crippen LogP contribution in [-0.2, 0) is 0 Å². The minimum absolute atomic E-state index is 0.446. The first-order valence-corrected chi connectivity index (χ1v) is 5.71. The van der Waals surface area contributed by atoms with E-state index in [1.54, 1.807) is 6.20 Å². The fraction of sp³-hybridized carbons (Fsp3) is 0.0909. The Bertz CT molecular complexity index is 534. The lowest BCUT2D eigenvalue weighted by Crippen LogP contribution is -1.82. The van der Waals surface area contributed by atoms with E-state index in [1.807, 2.05) is 24.3 Å². The summed E-state index contributed by atoms with van der Waals surface area (Å²) in [7, 11) is 0. The Hall–Kier alpha value is -1.24. The molecule has 0 amide bonds. The molecule has 0 N–H and O–H groups in total. The number of nitriles is 1. The smallest absolute Gasteiger partial charge is 0.0855 e. The molecule has 0 radical (unpaired) electrons. The third-order valence-electron chi connectivity index (χ3n) is 1.96. The Morgan fingerprint density at radius 3 is 3.07 bits per heavy atom. The summed E-state index contributed by atoms with van der Waals surface area (Å²) >= 11 is 7.39. The molecule has 74 valence electrons. The van der Waals surface area contributed by atoms with Crippen LogP contribution < -0.4 is 0 Å². The monoisotopic (exact) mass is 234 g/mol. The second-order valence-corrected chi connectivity index (χ2v) is 4.37. The predicted molar refractivity (Wildman–Crippen MR) is 63.1 cm³/mol. The SMILES string of the molecule is N#CCSc1ccnc2cc(Cl)ccc12. The summed E-state index contributed by atoms with van der Waals surface area (Å²) in [4.78, 5) is 5.30. The molecule has 0 saturated carbocycles. The number of halogens is 1. The van der Waals surface area contributed by atoms with Crippen LogP contribution >= 0.6 is 23.4 Å². The number of thioether (sulfide) groups is 1. The van der Waals surface area contributed by atoms with E-state index in [1.165, 1.54) is 11.8 Å². The first kappa shape index (κ1) is 10.3. The Morgan fingerprint density at radius 2 is 2.27 bits per heavy atom. The number of aromatic nitrogens is 1. The standard InChI is InChI=1S/C11H7ClN2S/c12-8-1-2-9-10(7-8)14-5-3-11(9)15-6-4-13/h1-3,5,7H,6H2. The third-order valence-corrected chi connectivity index (χ3v) is 3.13. The van der Waals surface area contributed by atoms with Gasteiger partial charge in [-0.1, -0.05) is 17.7 Å². The van der Waals surface area contributed by atoms with Crippen LogP contribution in [0, 0.1) is 11.3 Å². The maximum Gasteiger partial charge on any atom is 0.0855 e. The lowest BCUT2D eigenvalue weighted by molar-refractivity contribution is 1.35. The normalized spacial score (nSPS) is 10.1. The summed E-state index contributed by atoms with van der Waals surface area (Å²) in [5, 5.41) is 10.3. The molecule has 0 atom stereocenters. The van der Waals surface area contributed by atoms with Gasteiger partial charge in [-0.15, -0.1) is 11.8 Å². The molecule has 4 heteroatoms. The van der Waals surface area contributed by atoms with Crippen LogP contribution in [-0.4, -0.2) is 10.7 Å². The topological polar surface area (TPSA) is 36.7 Å². The number of nitrogens with zero attached hydrogens (tertiary/aromatic N) is 2. The molecule has 0 aliphatic rings. The summed E-state index contributed by atoms with van der Waals surface area (Å²) in [6.07, 6.45) is 1.73. The zero-order valence-corrected chi connectivity index (χ0v) is 9.35. The van der Waals surface area contributed by atoms with Crippen LogP contribution in [0.2, 0.25) is 5.02 Å². The minimum Gasteiger partial charge on any atom is -0.256 e. The van der Waals surface area contributed by atoms with E-state index >= 15 is 0 Å². The molecule has 2 rings (SSSR count). The molecule has 0 aliphatic heterocycles. The number of hydrogen-bond donors (Lipinski definition) is 0. The lowest BCUT2D eigenvalue weighted by atomic mass is 10.2. The first-order valence-electron chi connectivity index (χ1n) is 4.35. The van der Waals surface area contributed by atoms with Crippen molar-refractivity contribution in [3.63, 3.8) is 0 Å². The van der Waals surface area contributed by atoms with Crippen molar-refractivity contribution in [2.45, 2.75) is 4.90 Å². The van der Waals surface area contributed by atoms with Crippen molar-refractivity contribution < 1.29 is 0 Å². The molecule has 0 fully saturated rings. The van der Waals surface area contributed by atoms with Gasteiger partial charge >= 0.3 is 0 Å². The summed E-state index contributed by atoms with van der Waals surface area (Å²) in [6.45, 7) is 0. The van der Waals surface area contributed by atoms with Crippen molar-refractivity contribution in [3.8, 4) is 6.07 Å². The number of benzene rings is 1. The molecule has 0 bridgehead atoms. The maximum absolute atomic E-state index is 8.54. The molecule has 0 aliphatic carbocycles. The zero-order valence-electron chi connectivity index (χ0n) is 7.77. The Labute approximate surface area is 96.9 Å². The van der Waals surface area contributed by atoms with Gasteiger partial charge in [-0.2, -0.15) is 5.26 Å². The number of rotatable bonds is 2. The highest BCUT2D eigenvalue weighted by atomic mass is 35.5. The fourth-order valence-corrected chi connectivity index (χ4v) is 2.20. The van der Waals surface area contributed by atoms with Gasteiger partial charge in [-0.05, 0) is 18.2 Å². The van der Waals surface area contributed by atoms with Gasteiger partial charge in [0.1, 0.15) is 0 Å². The summed E-state index contributed by atoms with van der Waals surface area (Å²) in [5.41, 5.74) is 0.866. The molecule has 0 saturated heterocycles. The van der Waals surface area contributed by atoms with Gasteiger partial charge in [0.2, 0.25) is 0 Å². The second kappa shape index (κ2) is 4.52. The van der Waals surface area contributed by atoms with Crippen molar-refractivity contribution in [1.29, 1.82) is 5.26 Å². The molecule has 1 heterocycles. The van der Waals surface area contributed by atoms with E-state index in [2.05, 4.69) is 11.1 Å². The molecule has 0 spiro atoms. The average Bonchev–Trinajstić information content (AvgIpc) is 2.25. The fourth-order valence-electron chi connectivity index (χ4n) is 1.33. The minimum atomic E-state index is 0.446. The molecular formula is C11H7ClN2S. The summed E-state index contributed by atoms with van der Waals surface area (Å²) in [5.74, 6) is 0.446. The highest BCUT2D eigenvalue weighted by Crippen LogP contribution is 2.27. The van der Waals surface area contributed by atoms with Gasteiger partial charge in [-0.3, -0.25) is 4.98 Å². The van der Waals surface area contributed by atoms with E-state index in [4.69, 9.17) is 16.9 Å². The number of pyridine rings is 1. The van der Waals surface area contributed by atoms with E-state index in [0.717, 1.165) is 15.8 Å². The van der Waals surface area contributed by atoms with Crippen LogP contribution in [0.3, 0.4) is 0 Å². The molecular weight excluding hydrogens is 228 g/mol. The van der Waals surface area contributed by atoms with Gasteiger partial charge in [0.05, 0.1) is 17.3 Å². The summed E-state index contributed by atoms with van der Waals surface area (Å²) < 4.78 is 0. The van der Waals surface area contributed by atoms with Crippen LogP contribution in [0.15, 0.2) is 35.4 Å². The molecule has 15 heavy (non-hydrogen) atoms. The van der Waals surface area contributed by atoms with Crippen LogP contribution in [0.5, 0.6) is 0 Å². The van der Waals surface area contributed by atoms with E-state index in [0.29, 0.717) is 10.8 Å². The van der Waals surface area contributed by atoms with E-state index < -0.39 is 0 Å². The van der Waals surface area contributed by atoms with Gasteiger partial charge in [-0.25, -0.2) is 0 Å². The van der Waals surface area contributed by atoms with Crippen molar-refractivity contribution in [2.75, 3.05) is 5.75 Å². The molecule has 0 unspecified atom stereocenters. The van der Waals surface area contributed by atoms with E-state index in [-0.39, 0.29) is 0 Å². The largest absolute Gasteiger partial charge is 0.256 e. The maximum atomic E-state index is 8.54. The molecule has 1 aromatic carbocycles. The lowest BCUT2D eigenvalue weighted by Gasteiger charge is -2.03. The van der Waals surface area contributed by atoms with Crippen LogP contribution in [0.4, 0.5) is 0 Å². The van der Waals surface area contributed by atoms with Gasteiger partial charge in [0, 0.05) is 21.5 Å². The Morgan fingerprint density at radius 1 is 1.40 bits per heavy atom. The van der Waals surface area contributed by atoms with Gasteiger partial charge in [0.15, 0.2) is 0 Å². The van der Waals surface area contributed by atoms with Crippen molar-refractivity contribution in [3.05, 3.63) is 35.5 Å². The predicted octanol–water partition coefficient (Wildman–Crippen LogP) is 3.50. The molecule has 1 aromatic heterocycles. The van der Waals surface area contributed by atoms with Crippen molar-refractivity contribution in [2.24, 2.45) is 0 Å². The second-order valence-electron chi connectivity index (χ2n) is 2.92. The zero-order chi connectivity index (χ0) is 10.7. The van der Waals surface area contributed by atoms with Crippen molar-refractivity contribution in [1.82, 2.24) is 4.98 Å². The number of fused-ring (bicyclic) bond motifs is 1. The van der Waals surface area contributed by atoms with Crippen LogP contribution in [0.25, 0.3) is 10.9 Å².